The fraction of sp³-hybridized carbons (Fsp3) is 0.467. The fourth-order valence-corrected chi connectivity index (χ4v) is 2.77. The number of nitrogens with zero attached hydrogens (tertiary/aromatic N) is 1. The van der Waals surface area contributed by atoms with Crippen LogP contribution >= 0.6 is 0 Å². The van der Waals surface area contributed by atoms with E-state index in [2.05, 4.69) is 5.16 Å². The predicted molar refractivity (Wildman–Crippen MR) is 69.1 cm³/mol. The van der Waals surface area contributed by atoms with Gasteiger partial charge in [-0.2, -0.15) is 0 Å². The second-order valence-electron chi connectivity index (χ2n) is 5.43. The molecule has 0 bridgehead atoms. The Hall–Kier alpha value is -1.64. The fourth-order valence-electron chi connectivity index (χ4n) is 2.77. The molecular weight excluding hydrogens is 226 g/mol. The molecule has 1 aromatic rings. The average Bonchev–Trinajstić information content (AvgIpc) is 3.12. The Morgan fingerprint density at radius 3 is 2.61 bits per heavy atom. The van der Waals surface area contributed by atoms with E-state index in [1.807, 2.05) is 37.3 Å². The third-order valence-corrected chi connectivity index (χ3v) is 4.29. The van der Waals surface area contributed by atoms with E-state index in [1.165, 1.54) is 19.3 Å². The summed E-state index contributed by atoms with van der Waals surface area (Å²) in [6, 6.07) is 9.75. The van der Waals surface area contributed by atoms with Crippen molar-refractivity contribution in [2.75, 3.05) is 0 Å². The van der Waals surface area contributed by atoms with Gasteiger partial charge in [0.05, 0.1) is 11.6 Å². The van der Waals surface area contributed by atoms with E-state index >= 15 is 0 Å². The SMILES string of the molecule is C/C(=N/OC(=O)[C@H]1CC12CCC2)c1ccccc1. The lowest BCUT2D eigenvalue weighted by molar-refractivity contribution is -0.146. The van der Waals surface area contributed by atoms with E-state index in [4.69, 9.17) is 4.84 Å². The molecule has 3 rings (SSSR count). The van der Waals surface area contributed by atoms with Crippen molar-refractivity contribution in [2.24, 2.45) is 16.5 Å². The van der Waals surface area contributed by atoms with Crippen molar-refractivity contribution in [1.82, 2.24) is 0 Å². The molecule has 3 heteroatoms. The van der Waals surface area contributed by atoms with Gasteiger partial charge in [-0.15, -0.1) is 0 Å². The van der Waals surface area contributed by atoms with E-state index in [-0.39, 0.29) is 11.9 Å². The van der Waals surface area contributed by atoms with Crippen LogP contribution in [0.2, 0.25) is 0 Å². The zero-order valence-corrected chi connectivity index (χ0v) is 10.6. The molecule has 2 saturated carbocycles. The van der Waals surface area contributed by atoms with Gasteiger partial charge in [0.25, 0.3) is 0 Å². The van der Waals surface area contributed by atoms with Gasteiger partial charge in [0.1, 0.15) is 0 Å². The van der Waals surface area contributed by atoms with Crippen molar-refractivity contribution in [3.05, 3.63) is 35.9 Å². The zero-order chi connectivity index (χ0) is 12.6. The summed E-state index contributed by atoms with van der Waals surface area (Å²) >= 11 is 0. The summed E-state index contributed by atoms with van der Waals surface area (Å²) in [4.78, 5) is 16.9. The molecule has 0 aliphatic heterocycles. The molecule has 0 amide bonds. The maximum atomic E-state index is 11.8. The van der Waals surface area contributed by atoms with E-state index in [1.54, 1.807) is 0 Å². The molecule has 1 atom stereocenters. The van der Waals surface area contributed by atoms with Gasteiger partial charge in [0.15, 0.2) is 0 Å². The van der Waals surface area contributed by atoms with Gasteiger partial charge in [-0.3, -0.25) is 0 Å². The van der Waals surface area contributed by atoms with Gasteiger partial charge < -0.3 is 4.84 Å². The van der Waals surface area contributed by atoms with Crippen LogP contribution in [0.25, 0.3) is 0 Å². The minimum absolute atomic E-state index is 0.110. The first-order valence-electron chi connectivity index (χ1n) is 6.52. The molecule has 1 spiro atoms. The van der Waals surface area contributed by atoms with E-state index in [0.29, 0.717) is 5.41 Å². The molecule has 2 aliphatic rings. The van der Waals surface area contributed by atoms with Crippen LogP contribution in [0.15, 0.2) is 35.5 Å². The van der Waals surface area contributed by atoms with Gasteiger partial charge in [-0.05, 0) is 37.2 Å². The lowest BCUT2D eigenvalue weighted by Crippen LogP contribution is -2.19. The molecule has 94 valence electrons. The minimum Gasteiger partial charge on any atom is -0.318 e. The highest BCUT2D eigenvalue weighted by atomic mass is 16.7. The van der Waals surface area contributed by atoms with Crippen LogP contribution in [0.4, 0.5) is 0 Å². The second-order valence-corrected chi connectivity index (χ2v) is 5.43. The topological polar surface area (TPSA) is 38.7 Å². The summed E-state index contributed by atoms with van der Waals surface area (Å²) in [6.45, 7) is 1.86. The minimum atomic E-state index is -0.148. The number of carbonyl (C=O) groups is 1. The highest BCUT2D eigenvalue weighted by molar-refractivity contribution is 5.98. The predicted octanol–water partition coefficient (Wildman–Crippen LogP) is 3.14. The maximum Gasteiger partial charge on any atom is 0.338 e. The van der Waals surface area contributed by atoms with Crippen LogP contribution < -0.4 is 0 Å². The van der Waals surface area contributed by atoms with Gasteiger partial charge in [-0.1, -0.05) is 41.9 Å². The van der Waals surface area contributed by atoms with Crippen molar-refractivity contribution in [3.63, 3.8) is 0 Å². The first kappa shape index (κ1) is 11.5. The van der Waals surface area contributed by atoms with E-state index in [0.717, 1.165) is 17.7 Å². The van der Waals surface area contributed by atoms with Crippen molar-refractivity contribution < 1.29 is 9.63 Å². The highest BCUT2D eigenvalue weighted by Gasteiger charge is 2.62. The Kier molecular flexibility index (Phi) is 2.69. The average molecular weight is 243 g/mol. The Labute approximate surface area is 107 Å². The Morgan fingerprint density at radius 1 is 1.33 bits per heavy atom. The maximum absolute atomic E-state index is 11.8. The van der Waals surface area contributed by atoms with Gasteiger partial charge in [0.2, 0.25) is 0 Å². The van der Waals surface area contributed by atoms with Gasteiger partial charge in [-0.25, -0.2) is 4.79 Å². The lowest BCUT2D eigenvalue weighted by Gasteiger charge is -2.25. The Bertz CT molecular complexity index is 488. The van der Waals surface area contributed by atoms with Crippen molar-refractivity contribution in [1.29, 1.82) is 0 Å². The van der Waals surface area contributed by atoms with E-state index < -0.39 is 0 Å². The number of oxime groups is 1. The zero-order valence-electron chi connectivity index (χ0n) is 10.6. The molecule has 0 aromatic heterocycles. The van der Waals surface area contributed by atoms with E-state index in [9.17, 15) is 4.79 Å². The number of rotatable bonds is 3. The molecule has 18 heavy (non-hydrogen) atoms. The van der Waals surface area contributed by atoms with Crippen LogP contribution in [-0.4, -0.2) is 11.7 Å². The van der Waals surface area contributed by atoms with Gasteiger partial charge in [0, 0.05) is 0 Å². The standard InChI is InChI=1S/C15H17NO2/c1-11(12-6-3-2-4-7-12)16-18-14(17)13-10-15(13)8-5-9-15/h2-4,6-7,13H,5,8-10H2,1H3/b16-11-/t13-/m1/s1. The molecule has 0 heterocycles. The summed E-state index contributed by atoms with van der Waals surface area (Å²) in [7, 11) is 0. The summed E-state index contributed by atoms with van der Waals surface area (Å²) in [5.41, 5.74) is 2.04. The molecule has 2 aliphatic carbocycles. The van der Waals surface area contributed by atoms with Gasteiger partial charge >= 0.3 is 5.97 Å². The molecule has 3 nitrogen and oxygen atoms in total. The van der Waals surface area contributed by atoms with Crippen LogP contribution in [0.1, 0.15) is 38.2 Å². The van der Waals surface area contributed by atoms with Crippen LogP contribution in [-0.2, 0) is 9.63 Å². The number of carbonyl (C=O) groups excluding carboxylic acids is 1. The van der Waals surface area contributed by atoms with Crippen molar-refractivity contribution in [2.45, 2.75) is 32.6 Å². The van der Waals surface area contributed by atoms with Crippen LogP contribution in [0.5, 0.6) is 0 Å². The Morgan fingerprint density at radius 2 is 2.06 bits per heavy atom. The smallest absolute Gasteiger partial charge is 0.318 e. The van der Waals surface area contributed by atoms with Crippen LogP contribution in [0.3, 0.4) is 0 Å². The number of hydrogen-bond donors (Lipinski definition) is 0. The molecular formula is C15H17NO2. The highest BCUT2D eigenvalue weighted by Crippen LogP contribution is 2.65. The summed E-state index contributed by atoms with van der Waals surface area (Å²) in [5, 5.41) is 3.95. The third-order valence-electron chi connectivity index (χ3n) is 4.29. The largest absolute Gasteiger partial charge is 0.338 e. The normalized spacial score (nSPS) is 24.5. The molecule has 1 aromatic carbocycles. The second kappa shape index (κ2) is 4.23. The Balaban J connectivity index is 1.59. The number of hydrogen-bond acceptors (Lipinski definition) is 3. The summed E-state index contributed by atoms with van der Waals surface area (Å²) in [5.74, 6) is -0.0384. The first-order chi connectivity index (χ1) is 8.71. The quantitative estimate of drug-likeness (QED) is 0.464. The monoisotopic (exact) mass is 243 g/mol. The molecule has 0 saturated heterocycles. The third kappa shape index (κ3) is 1.94. The number of benzene rings is 1. The molecule has 0 unspecified atom stereocenters. The summed E-state index contributed by atoms with van der Waals surface area (Å²) in [6.07, 6.45) is 4.64. The summed E-state index contributed by atoms with van der Waals surface area (Å²) < 4.78 is 0. The molecule has 0 radical (unpaired) electrons. The molecule has 0 N–H and O–H groups in total. The van der Waals surface area contributed by atoms with Crippen LogP contribution in [0, 0.1) is 11.3 Å². The molecule has 2 fully saturated rings. The first-order valence-corrected chi connectivity index (χ1v) is 6.52. The van der Waals surface area contributed by atoms with Crippen molar-refractivity contribution in [3.8, 4) is 0 Å². The van der Waals surface area contributed by atoms with Crippen molar-refractivity contribution >= 4 is 11.7 Å². The lowest BCUT2D eigenvalue weighted by atomic mass is 9.80.